The molecule has 4 heteroatoms. The van der Waals surface area contributed by atoms with Gasteiger partial charge in [-0.15, -0.1) is 11.6 Å². The number of carbonyl (C=O) groups is 1. The van der Waals surface area contributed by atoms with Gasteiger partial charge < -0.3 is 9.64 Å². The average Bonchev–Trinajstić information content (AvgIpc) is 2.37. The van der Waals surface area contributed by atoms with Gasteiger partial charge in [-0.2, -0.15) is 0 Å². The van der Waals surface area contributed by atoms with Gasteiger partial charge in [0, 0.05) is 7.05 Å². The van der Waals surface area contributed by atoms with Crippen molar-refractivity contribution in [2.75, 3.05) is 11.9 Å². The van der Waals surface area contributed by atoms with Gasteiger partial charge >= 0.3 is 0 Å². The lowest BCUT2D eigenvalue weighted by Gasteiger charge is -2.23. The summed E-state index contributed by atoms with van der Waals surface area (Å²) in [5, 5.41) is -0.550. The Morgan fingerprint density at radius 1 is 1.37 bits per heavy atom. The zero-order valence-electron chi connectivity index (χ0n) is 12.0. The summed E-state index contributed by atoms with van der Waals surface area (Å²) in [5.41, 5.74) is 0.753. The number of hydrogen-bond donors (Lipinski definition) is 0. The van der Waals surface area contributed by atoms with E-state index in [0.29, 0.717) is 0 Å². The number of halogens is 1. The standard InChI is InChI=1S/C15H22ClNO2/c1-5-8-11(2)19-14-10-7-6-9-13(14)17(4)15(18)12(3)16/h6-7,9-12H,5,8H2,1-4H3. The van der Waals surface area contributed by atoms with E-state index in [1.807, 2.05) is 31.2 Å². The van der Waals surface area contributed by atoms with Crippen LogP contribution >= 0.6 is 11.6 Å². The van der Waals surface area contributed by atoms with Crippen LogP contribution in [0.5, 0.6) is 5.75 Å². The number of nitrogens with zero attached hydrogens (tertiary/aromatic N) is 1. The van der Waals surface area contributed by atoms with Crippen molar-refractivity contribution in [1.82, 2.24) is 0 Å². The van der Waals surface area contributed by atoms with E-state index in [-0.39, 0.29) is 12.0 Å². The lowest BCUT2D eigenvalue weighted by molar-refractivity contribution is -0.117. The molecule has 2 atom stereocenters. The Labute approximate surface area is 120 Å². The molecular formula is C15H22ClNO2. The predicted octanol–water partition coefficient (Wildman–Crippen LogP) is 3.84. The van der Waals surface area contributed by atoms with Gasteiger partial charge in [0.1, 0.15) is 11.1 Å². The molecule has 0 aromatic heterocycles. The van der Waals surface area contributed by atoms with Crippen molar-refractivity contribution < 1.29 is 9.53 Å². The molecule has 106 valence electrons. The summed E-state index contributed by atoms with van der Waals surface area (Å²) in [7, 11) is 1.72. The summed E-state index contributed by atoms with van der Waals surface area (Å²) in [6.45, 7) is 5.83. The summed E-state index contributed by atoms with van der Waals surface area (Å²) < 4.78 is 5.90. The Hall–Kier alpha value is -1.22. The highest BCUT2D eigenvalue weighted by atomic mass is 35.5. The zero-order valence-corrected chi connectivity index (χ0v) is 12.8. The highest BCUT2D eigenvalue weighted by Gasteiger charge is 2.19. The van der Waals surface area contributed by atoms with Crippen LogP contribution in [0.4, 0.5) is 5.69 Å². The maximum Gasteiger partial charge on any atom is 0.244 e. The number of amides is 1. The number of para-hydroxylation sites is 2. The lowest BCUT2D eigenvalue weighted by atomic mass is 10.2. The molecule has 1 rings (SSSR count). The van der Waals surface area contributed by atoms with Crippen LogP contribution in [0.2, 0.25) is 0 Å². The minimum atomic E-state index is -0.550. The Morgan fingerprint density at radius 3 is 2.58 bits per heavy atom. The van der Waals surface area contributed by atoms with E-state index in [4.69, 9.17) is 16.3 Å². The molecule has 2 unspecified atom stereocenters. The third kappa shape index (κ3) is 4.43. The van der Waals surface area contributed by atoms with E-state index >= 15 is 0 Å². The number of anilines is 1. The predicted molar refractivity (Wildman–Crippen MR) is 80.2 cm³/mol. The number of carbonyl (C=O) groups excluding carboxylic acids is 1. The van der Waals surface area contributed by atoms with Crippen molar-refractivity contribution in [1.29, 1.82) is 0 Å². The van der Waals surface area contributed by atoms with E-state index in [1.54, 1.807) is 18.9 Å². The highest BCUT2D eigenvalue weighted by Crippen LogP contribution is 2.29. The molecule has 0 saturated heterocycles. The van der Waals surface area contributed by atoms with Crippen molar-refractivity contribution in [3.05, 3.63) is 24.3 Å². The second kappa shape index (κ2) is 7.39. The minimum Gasteiger partial charge on any atom is -0.489 e. The topological polar surface area (TPSA) is 29.5 Å². The normalized spacial score (nSPS) is 13.7. The van der Waals surface area contributed by atoms with E-state index in [9.17, 15) is 4.79 Å². The third-order valence-corrected chi connectivity index (χ3v) is 3.11. The van der Waals surface area contributed by atoms with Crippen molar-refractivity contribution in [3.63, 3.8) is 0 Å². The molecule has 3 nitrogen and oxygen atoms in total. The first-order valence-corrected chi connectivity index (χ1v) is 7.08. The van der Waals surface area contributed by atoms with Crippen LogP contribution in [0.3, 0.4) is 0 Å². The van der Waals surface area contributed by atoms with Crippen molar-refractivity contribution in [2.24, 2.45) is 0 Å². The molecule has 0 aliphatic heterocycles. The van der Waals surface area contributed by atoms with Crippen LogP contribution in [-0.4, -0.2) is 24.4 Å². The zero-order chi connectivity index (χ0) is 14.4. The fourth-order valence-electron chi connectivity index (χ4n) is 1.90. The summed E-state index contributed by atoms with van der Waals surface area (Å²) in [4.78, 5) is 13.5. The fourth-order valence-corrected chi connectivity index (χ4v) is 2.05. The number of alkyl halides is 1. The summed E-state index contributed by atoms with van der Waals surface area (Å²) in [6.07, 6.45) is 2.18. The van der Waals surface area contributed by atoms with E-state index in [1.165, 1.54) is 0 Å². The Kier molecular flexibility index (Phi) is 6.16. The molecule has 0 radical (unpaired) electrons. The van der Waals surface area contributed by atoms with Gasteiger partial charge in [0.25, 0.3) is 0 Å². The number of benzene rings is 1. The SMILES string of the molecule is CCCC(C)Oc1ccccc1N(C)C(=O)C(C)Cl. The molecule has 0 bridgehead atoms. The van der Waals surface area contributed by atoms with E-state index in [0.717, 1.165) is 24.3 Å². The van der Waals surface area contributed by atoms with E-state index in [2.05, 4.69) is 6.92 Å². The first kappa shape index (κ1) is 15.8. The van der Waals surface area contributed by atoms with Crippen molar-refractivity contribution >= 4 is 23.2 Å². The number of hydrogen-bond acceptors (Lipinski definition) is 2. The second-order valence-corrected chi connectivity index (χ2v) is 5.35. The van der Waals surface area contributed by atoms with Gasteiger partial charge in [-0.1, -0.05) is 25.5 Å². The first-order chi connectivity index (χ1) is 8.97. The van der Waals surface area contributed by atoms with Gasteiger partial charge in [-0.05, 0) is 32.4 Å². The average molecular weight is 284 g/mol. The molecule has 0 aliphatic carbocycles. The lowest BCUT2D eigenvalue weighted by Crippen LogP contribution is -2.32. The summed E-state index contributed by atoms with van der Waals surface area (Å²) in [5.74, 6) is 0.581. The van der Waals surface area contributed by atoms with Gasteiger partial charge in [-0.3, -0.25) is 4.79 Å². The number of ether oxygens (including phenoxy) is 1. The molecule has 0 aliphatic rings. The Morgan fingerprint density at radius 2 is 2.00 bits per heavy atom. The summed E-state index contributed by atoms with van der Waals surface area (Å²) >= 11 is 5.85. The maximum absolute atomic E-state index is 11.9. The third-order valence-electron chi connectivity index (χ3n) is 2.92. The van der Waals surface area contributed by atoms with Crippen LogP contribution in [0.15, 0.2) is 24.3 Å². The van der Waals surface area contributed by atoms with Gasteiger partial charge in [0.15, 0.2) is 0 Å². The van der Waals surface area contributed by atoms with Crippen LogP contribution in [0.1, 0.15) is 33.6 Å². The quantitative estimate of drug-likeness (QED) is 0.742. The van der Waals surface area contributed by atoms with Crippen LogP contribution in [-0.2, 0) is 4.79 Å². The van der Waals surface area contributed by atoms with Crippen LogP contribution < -0.4 is 9.64 Å². The molecule has 1 aromatic carbocycles. The second-order valence-electron chi connectivity index (χ2n) is 4.70. The molecule has 19 heavy (non-hydrogen) atoms. The maximum atomic E-state index is 11.9. The Balaban J connectivity index is 2.92. The van der Waals surface area contributed by atoms with Crippen LogP contribution in [0, 0.1) is 0 Å². The largest absolute Gasteiger partial charge is 0.489 e. The molecular weight excluding hydrogens is 262 g/mol. The van der Waals surface area contributed by atoms with Crippen LogP contribution in [0.25, 0.3) is 0 Å². The molecule has 0 fully saturated rings. The minimum absolute atomic E-state index is 0.128. The molecule has 0 N–H and O–H groups in total. The fraction of sp³-hybridized carbons (Fsp3) is 0.533. The smallest absolute Gasteiger partial charge is 0.244 e. The molecule has 1 aromatic rings. The van der Waals surface area contributed by atoms with Gasteiger partial charge in [-0.25, -0.2) is 0 Å². The highest BCUT2D eigenvalue weighted by molar-refractivity contribution is 6.32. The van der Waals surface area contributed by atoms with Crippen molar-refractivity contribution in [2.45, 2.75) is 45.1 Å². The molecule has 0 heterocycles. The Bertz CT molecular complexity index is 420. The first-order valence-electron chi connectivity index (χ1n) is 6.64. The summed E-state index contributed by atoms with van der Waals surface area (Å²) in [6, 6.07) is 7.53. The monoisotopic (exact) mass is 283 g/mol. The molecule has 0 saturated carbocycles. The molecule has 1 amide bonds. The number of rotatable bonds is 6. The molecule has 0 spiro atoms. The van der Waals surface area contributed by atoms with E-state index < -0.39 is 5.38 Å². The van der Waals surface area contributed by atoms with Gasteiger partial charge in [0.05, 0.1) is 11.8 Å². The van der Waals surface area contributed by atoms with Crippen molar-refractivity contribution in [3.8, 4) is 5.75 Å². The van der Waals surface area contributed by atoms with Gasteiger partial charge in [0.2, 0.25) is 5.91 Å².